The van der Waals surface area contributed by atoms with Crippen LogP contribution in [0.4, 0.5) is 4.39 Å². The summed E-state index contributed by atoms with van der Waals surface area (Å²) in [6.45, 7) is 0.968. The van der Waals surface area contributed by atoms with Crippen LogP contribution in [0, 0.1) is 5.82 Å². The second kappa shape index (κ2) is 8.68. The van der Waals surface area contributed by atoms with Crippen molar-refractivity contribution >= 4 is 27.5 Å². The summed E-state index contributed by atoms with van der Waals surface area (Å²) in [6.07, 6.45) is 2.14. The second-order valence-electron chi connectivity index (χ2n) is 5.50. The summed E-state index contributed by atoms with van der Waals surface area (Å²) in [5.74, 6) is -0.194. The van der Waals surface area contributed by atoms with Crippen molar-refractivity contribution in [3.63, 3.8) is 0 Å². The van der Waals surface area contributed by atoms with Gasteiger partial charge in [0.25, 0.3) is 5.91 Å². The maximum absolute atomic E-state index is 13.2. The van der Waals surface area contributed by atoms with Crippen LogP contribution in [0.25, 0.3) is 21.3 Å². The van der Waals surface area contributed by atoms with Crippen molar-refractivity contribution in [2.24, 2.45) is 0 Å². The highest BCUT2D eigenvalue weighted by Crippen LogP contribution is 2.37. The minimum absolute atomic E-state index is 0.141. The van der Waals surface area contributed by atoms with Gasteiger partial charge in [0, 0.05) is 31.2 Å². The standard InChI is InChI=1S/C18H18FN3O3S/c1-24-8-2-7-20-15(23)9-25-17-16-14(10-26-18(16)22-11-21-17)12-3-5-13(19)6-4-12/h3-6,10-11H,2,7-9H2,1H3,(H,20,23). The summed E-state index contributed by atoms with van der Waals surface area (Å²) in [4.78, 5) is 21.0. The Bertz CT molecular complexity index is 883. The molecule has 1 N–H and O–H groups in total. The first-order valence-corrected chi connectivity index (χ1v) is 8.93. The number of halogens is 1. The molecule has 136 valence electrons. The molecular weight excluding hydrogens is 357 g/mol. The summed E-state index contributed by atoms with van der Waals surface area (Å²) in [6, 6.07) is 6.18. The molecular formula is C18H18FN3O3S. The number of hydrogen-bond acceptors (Lipinski definition) is 6. The van der Waals surface area contributed by atoms with E-state index in [1.165, 1.54) is 29.8 Å². The van der Waals surface area contributed by atoms with Gasteiger partial charge < -0.3 is 14.8 Å². The van der Waals surface area contributed by atoms with Crippen molar-refractivity contribution in [2.75, 3.05) is 26.9 Å². The molecule has 2 aromatic heterocycles. The Morgan fingerprint density at radius 3 is 2.85 bits per heavy atom. The molecule has 0 saturated carbocycles. The maximum Gasteiger partial charge on any atom is 0.258 e. The van der Waals surface area contributed by atoms with Gasteiger partial charge in [-0.2, -0.15) is 0 Å². The van der Waals surface area contributed by atoms with Gasteiger partial charge in [-0.25, -0.2) is 14.4 Å². The fourth-order valence-corrected chi connectivity index (χ4v) is 3.33. The summed E-state index contributed by atoms with van der Waals surface area (Å²) < 4.78 is 23.7. The zero-order valence-electron chi connectivity index (χ0n) is 14.2. The number of carbonyl (C=O) groups excluding carboxylic acids is 1. The quantitative estimate of drug-likeness (QED) is 0.613. The largest absolute Gasteiger partial charge is 0.467 e. The minimum atomic E-state index is -0.300. The molecule has 0 fully saturated rings. The lowest BCUT2D eigenvalue weighted by atomic mass is 10.1. The fraction of sp³-hybridized carbons (Fsp3) is 0.278. The smallest absolute Gasteiger partial charge is 0.258 e. The highest BCUT2D eigenvalue weighted by Gasteiger charge is 2.15. The topological polar surface area (TPSA) is 73.3 Å². The number of nitrogens with one attached hydrogen (secondary N) is 1. The second-order valence-corrected chi connectivity index (χ2v) is 6.36. The summed E-state index contributed by atoms with van der Waals surface area (Å²) in [5.41, 5.74) is 1.68. The van der Waals surface area contributed by atoms with Crippen LogP contribution in [0.3, 0.4) is 0 Å². The molecule has 8 heteroatoms. The zero-order valence-corrected chi connectivity index (χ0v) is 15.0. The zero-order chi connectivity index (χ0) is 18.4. The molecule has 0 aliphatic rings. The Hall–Kier alpha value is -2.58. The first-order chi connectivity index (χ1) is 12.7. The summed E-state index contributed by atoms with van der Waals surface area (Å²) in [5, 5.41) is 5.40. The van der Waals surface area contributed by atoms with Crippen LogP contribution in [0.5, 0.6) is 5.88 Å². The van der Waals surface area contributed by atoms with Crippen LogP contribution in [-0.4, -0.2) is 42.7 Å². The van der Waals surface area contributed by atoms with E-state index >= 15 is 0 Å². The SMILES string of the molecule is COCCCNC(=O)COc1ncnc2scc(-c3ccc(F)cc3)c12. The number of rotatable bonds is 8. The Morgan fingerprint density at radius 2 is 2.08 bits per heavy atom. The van der Waals surface area contributed by atoms with Crippen LogP contribution in [-0.2, 0) is 9.53 Å². The monoisotopic (exact) mass is 375 g/mol. The fourth-order valence-electron chi connectivity index (χ4n) is 2.43. The van der Waals surface area contributed by atoms with Gasteiger partial charge in [-0.3, -0.25) is 4.79 Å². The van der Waals surface area contributed by atoms with Crippen molar-refractivity contribution in [2.45, 2.75) is 6.42 Å². The predicted molar refractivity (Wildman–Crippen MR) is 97.8 cm³/mol. The number of aromatic nitrogens is 2. The Balaban J connectivity index is 1.75. The number of carbonyl (C=O) groups is 1. The normalized spacial score (nSPS) is 10.8. The van der Waals surface area contributed by atoms with E-state index in [9.17, 15) is 9.18 Å². The third kappa shape index (κ3) is 4.33. The lowest BCUT2D eigenvalue weighted by molar-refractivity contribution is -0.123. The van der Waals surface area contributed by atoms with Crippen LogP contribution >= 0.6 is 11.3 Å². The number of methoxy groups -OCH3 is 1. The van der Waals surface area contributed by atoms with Crippen LogP contribution in [0.15, 0.2) is 36.0 Å². The molecule has 0 radical (unpaired) electrons. The van der Waals surface area contributed by atoms with Gasteiger partial charge in [0.2, 0.25) is 5.88 Å². The molecule has 0 unspecified atom stereocenters. The average molecular weight is 375 g/mol. The Labute approximate surface area is 154 Å². The Morgan fingerprint density at radius 1 is 1.27 bits per heavy atom. The van der Waals surface area contributed by atoms with Crippen molar-refractivity contribution in [3.05, 3.63) is 41.8 Å². The number of fused-ring (bicyclic) bond motifs is 1. The molecule has 3 aromatic rings. The molecule has 2 heterocycles. The highest BCUT2D eigenvalue weighted by atomic mass is 32.1. The molecule has 6 nitrogen and oxygen atoms in total. The lowest BCUT2D eigenvalue weighted by Gasteiger charge is -2.08. The number of thiophene rings is 1. The van der Waals surface area contributed by atoms with E-state index in [0.717, 1.165) is 27.8 Å². The van der Waals surface area contributed by atoms with Crippen LogP contribution in [0.1, 0.15) is 6.42 Å². The van der Waals surface area contributed by atoms with E-state index in [1.807, 2.05) is 5.38 Å². The van der Waals surface area contributed by atoms with Gasteiger partial charge in [0.15, 0.2) is 6.61 Å². The number of benzene rings is 1. The van der Waals surface area contributed by atoms with Gasteiger partial charge in [0.05, 0.1) is 5.39 Å². The summed E-state index contributed by atoms with van der Waals surface area (Å²) >= 11 is 1.44. The molecule has 1 amide bonds. The van der Waals surface area contributed by atoms with Gasteiger partial charge >= 0.3 is 0 Å². The molecule has 0 atom stereocenters. The van der Waals surface area contributed by atoms with Gasteiger partial charge in [-0.05, 0) is 24.1 Å². The molecule has 1 aromatic carbocycles. The molecule has 0 aliphatic heterocycles. The molecule has 26 heavy (non-hydrogen) atoms. The van der Waals surface area contributed by atoms with Crippen molar-refractivity contribution in [1.29, 1.82) is 0 Å². The molecule has 0 bridgehead atoms. The van der Waals surface area contributed by atoms with Crippen molar-refractivity contribution in [1.82, 2.24) is 15.3 Å². The van der Waals surface area contributed by atoms with Crippen LogP contribution in [0.2, 0.25) is 0 Å². The van der Waals surface area contributed by atoms with E-state index in [2.05, 4.69) is 15.3 Å². The Kier molecular flexibility index (Phi) is 6.08. The maximum atomic E-state index is 13.2. The molecule has 3 rings (SSSR count). The predicted octanol–water partition coefficient (Wildman–Crippen LogP) is 3.03. The van der Waals surface area contributed by atoms with Gasteiger partial charge in [-0.1, -0.05) is 12.1 Å². The van der Waals surface area contributed by atoms with E-state index in [-0.39, 0.29) is 18.3 Å². The molecule has 0 aliphatic carbocycles. The lowest BCUT2D eigenvalue weighted by Crippen LogP contribution is -2.30. The van der Waals surface area contributed by atoms with E-state index in [1.54, 1.807) is 19.2 Å². The highest BCUT2D eigenvalue weighted by molar-refractivity contribution is 7.17. The van der Waals surface area contributed by atoms with Gasteiger partial charge in [0.1, 0.15) is 17.0 Å². The molecule has 0 spiro atoms. The minimum Gasteiger partial charge on any atom is -0.467 e. The number of ether oxygens (including phenoxy) is 2. The first kappa shape index (κ1) is 18.2. The van der Waals surface area contributed by atoms with E-state index in [0.29, 0.717) is 19.0 Å². The van der Waals surface area contributed by atoms with Crippen molar-refractivity contribution in [3.8, 4) is 17.0 Å². The summed E-state index contributed by atoms with van der Waals surface area (Å²) in [7, 11) is 1.62. The first-order valence-electron chi connectivity index (χ1n) is 8.05. The van der Waals surface area contributed by atoms with E-state index in [4.69, 9.17) is 9.47 Å². The number of amides is 1. The van der Waals surface area contributed by atoms with Gasteiger partial charge in [-0.15, -0.1) is 11.3 Å². The number of nitrogens with zero attached hydrogens (tertiary/aromatic N) is 2. The third-order valence-corrected chi connectivity index (χ3v) is 4.56. The third-order valence-electron chi connectivity index (χ3n) is 3.68. The number of hydrogen-bond donors (Lipinski definition) is 1. The van der Waals surface area contributed by atoms with Crippen LogP contribution < -0.4 is 10.1 Å². The average Bonchev–Trinajstić information content (AvgIpc) is 3.09. The van der Waals surface area contributed by atoms with E-state index < -0.39 is 0 Å². The van der Waals surface area contributed by atoms with Crippen molar-refractivity contribution < 1.29 is 18.7 Å². The molecule has 0 saturated heterocycles.